The lowest BCUT2D eigenvalue weighted by Gasteiger charge is -2.26. The molecule has 2 heterocycles. The van der Waals surface area contributed by atoms with E-state index in [0.29, 0.717) is 31.1 Å². The molecule has 166 valence electrons. The molecule has 1 aromatic heterocycles. The first-order valence-corrected chi connectivity index (χ1v) is 11.0. The van der Waals surface area contributed by atoms with E-state index in [1.807, 2.05) is 85.8 Å². The molecule has 0 saturated heterocycles. The van der Waals surface area contributed by atoms with Gasteiger partial charge in [-0.05, 0) is 55.5 Å². The van der Waals surface area contributed by atoms with Gasteiger partial charge in [0.2, 0.25) is 0 Å². The predicted molar refractivity (Wildman–Crippen MR) is 127 cm³/mol. The van der Waals surface area contributed by atoms with Crippen LogP contribution < -0.4 is 19.5 Å². The van der Waals surface area contributed by atoms with E-state index >= 15 is 0 Å². The van der Waals surface area contributed by atoms with Crippen molar-refractivity contribution < 1.29 is 19.0 Å². The van der Waals surface area contributed by atoms with E-state index < -0.39 is 0 Å². The molecule has 0 radical (unpaired) electrons. The van der Waals surface area contributed by atoms with Gasteiger partial charge in [0, 0.05) is 10.9 Å². The van der Waals surface area contributed by atoms with Crippen LogP contribution in [0.4, 0.5) is 0 Å². The highest BCUT2D eigenvalue weighted by molar-refractivity contribution is 6.07. The van der Waals surface area contributed by atoms with Crippen LogP contribution in [0.5, 0.6) is 17.2 Å². The van der Waals surface area contributed by atoms with Gasteiger partial charge >= 0.3 is 0 Å². The molecular formula is C27H24N2O4. The zero-order valence-corrected chi connectivity index (χ0v) is 18.3. The van der Waals surface area contributed by atoms with Gasteiger partial charge < -0.3 is 19.5 Å². The molecular weight excluding hydrogens is 416 g/mol. The molecule has 6 nitrogen and oxygen atoms in total. The number of hydrogen-bond donors (Lipinski definition) is 1. The van der Waals surface area contributed by atoms with Gasteiger partial charge in [-0.3, -0.25) is 4.79 Å². The second kappa shape index (κ2) is 9.20. The second-order valence-corrected chi connectivity index (χ2v) is 7.74. The van der Waals surface area contributed by atoms with E-state index in [0.717, 1.165) is 33.7 Å². The first-order valence-electron chi connectivity index (χ1n) is 11.0. The number of aromatic nitrogens is 1. The average Bonchev–Trinajstić information content (AvgIpc) is 2.87. The van der Waals surface area contributed by atoms with Crippen LogP contribution in [0, 0.1) is 0 Å². The van der Waals surface area contributed by atoms with E-state index in [9.17, 15) is 4.79 Å². The summed E-state index contributed by atoms with van der Waals surface area (Å²) in [4.78, 5) is 18.0. The number of hydrogen-bond acceptors (Lipinski definition) is 5. The number of pyridine rings is 1. The Morgan fingerprint density at radius 3 is 2.61 bits per heavy atom. The molecule has 1 amide bonds. The molecule has 0 spiro atoms. The summed E-state index contributed by atoms with van der Waals surface area (Å²) in [5, 5.41) is 3.81. The first kappa shape index (κ1) is 20.8. The first-order chi connectivity index (χ1) is 16.2. The fourth-order valence-electron chi connectivity index (χ4n) is 3.87. The van der Waals surface area contributed by atoms with E-state index in [-0.39, 0.29) is 12.0 Å². The minimum atomic E-state index is -0.262. The van der Waals surface area contributed by atoms with Gasteiger partial charge in [-0.2, -0.15) is 0 Å². The van der Waals surface area contributed by atoms with Crippen LogP contribution in [0.2, 0.25) is 0 Å². The predicted octanol–water partition coefficient (Wildman–Crippen LogP) is 4.87. The van der Waals surface area contributed by atoms with Gasteiger partial charge in [-0.25, -0.2) is 4.98 Å². The topological polar surface area (TPSA) is 69.7 Å². The Bertz CT molecular complexity index is 1290. The molecule has 33 heavy (non-hydrogen) atoms. The number of benzene rings is 3. The summed E-state index contributed by atoms with van der Waals surface area (Å²) in [5.41, 5.74) is 2.98. The molecule has 1 N–H and O–H groups in total. The summed E-state index contributed by atoms with van der Waals surface area (Å²) in [6.07, 6.45) is -0.262. The summed E-state index contributed by atoms with van der Waals surface area (Å²) in [5.74, 6) is 2.04. The molecule has 0 aliphatic carbocycles. The molecule has 4 aromatic rings. The normalized spacial score (nSPS) is 14.6. The molecule has 0 unspecified atom stereocenters. The zero-order valence-electron chi connectivity index (χ0n) is 18.3. The number of nitrogens with one attached hydrogen (secondary N) is 1. The standard InChI is InChI=1S/C27H24N2O4/c1-2-31-19-13-11-18(12-14-19)24-15-22(21-7-3-4-8-23(21)29-24)27(30)28-16-20-17-32-25-9-5-6-10-26(25)33-20/h3-15,20H,2,16-17H2,1H3,(H,28,30)/t20-/m1/s1. The Morgan fingerprint density at radius 1 is 1.03 bits per heavy atom. The molecule has 0 bridgehead atoms. The number of carbonyl (C=O) groups is 1. The molecule has 3 aromatic carbocycles. The lowest BCUT2D eigenvalue weighted by molar-refractivity contribution is 0.0790. The summed E-state index contributed by atoms with van der Waals surface area (Å²) in [6, 6.07) is 24.8. The van der Waals surface area contributed by atoms with E-state index in [4.69, 9.17) is 19.2 Å². The van der Waals surface area contributed by atoms with Gasteiger partial charge in [0.1, 0.15) is 18.5 Å². The largest absolute Gasteiger partial charge is 0.494 e. The van der Waals surface area contributed by atoms with Gasteiger partial charge in [0.15, 0.2) is 11.5 Å². The highest BCUT2D eigenvalue weighted by atomic mass is 16.6. The minimum Gasteiger partial charge on any atom is -0.494 e. The lowest BCUT2D eigenvalue weighted by atomic mass is 10.0. The Kier molecular flexibility index (Phi) is 5.81. The Morgan fingerprint density at radius 2 is 1.79 bits per heavy atom. The smallest absolute Gasteiger partial charge is 0.252 e. The van der Waals surface area contributed by atoms with Crippen molar-refractivity contribution in [2.24, 2.45) is 0 Å². The minimum absolute atomic E-state index is 0.178. The summed E-state index contributed by atoms with van der Waals surface area (Å²) in [7, 11) is 0. The molecule has 0 saturated carbocycles. The van der Waals surface area contributed by atoms with Crippen molar-refractivity contribution in [1.82, 2.24) is 10.3 Å². The van der Waals surface area contributed by atoms with Crippen molar-refractivity contribution in [2.45, 2.75) is 13.0 Å². The average molecular weight is 440 g/mol. The van der Waals surface area contributed by atoms with Crippen LogP contribution >= 0.6 is 0 Å². The van der Waals surface area contributed by atoms with Crippen LogP contribution in [0.15, 0.2) is 78.9 Å². The molecule has 1 atom stereocenters. The van der Waals surface area contributed by atoms with Crippen LogP contribution in [-0.4, -0.2) is 36.8 Å². The van der Waals surface area contributed by atoms with Crippen molar-refractivity contribution in [3.8, 4) is 28.5 Å². The van der Waals surface area contributed by atoms with Gasteiger partial charge in [0.25, 0.3) is 5.91 Å². The Balaban J connectivity index is 1.38. The third-order valence-corrected chi connectivity index (χ3v) is 5.48. The van der Waals surface area contributed by atoms with Crippen LogP contribution in [0.25, 0.3) is 22.2 Å². The van der Waals surface area contributed by atoms with Crippen LogP contribution in [-0.2, 0) is 0 Å². The summed E-state index contributed by atoms with van der Waals surface area (Å²) < 4.78 is 17.3. The van der Waals surface area contributed by atoms with Crippen LogP contribution in [0.1, 0.15) is 17.3 Å². The number of nitrogens with zero attached hydrogens (tertiary/aromatic N) is 1. The second-order valence-electron chi connectivity index (χ2n) is 7.74. The third kappa shape index (κ3) is 4.46. The number of ether oxygens (including phenoxy) is 3. The maximum atomic E-state index is 13.2. The summed E-state index contributed by atoms with van der Waals surface area (Å²) in [6.45, 7) is 3.28. The highest BCUT2D eigenvalue weighted by Crippen LogP contribution is 2.31. The molecule has 0 fully saturated rings. The van der Waals surface area contributed by atoms with E-state index in [1.54, 1.807) is 0 Å². The van der Waals surface area contributed by atoms with Crippen LogP contribution in [0.3, 0.4) is 0 Å². The van der Waals surface area contributed by atoms with Gasteiger partial charge in [-0.15, -0.1) is 0 Å². The highest BCUT2D eigenvalue weighted by Gasteiger charge is 2.22. The van der Waals surface area contributed by atoms with Crippen molar-refractivity contribution >= 4 is 16.8 Å². The van der Waals surface area contributed by atoms with Crippen molar-refractivity contribution in [3.05, 3.63) is 84.4 Å². The van der Waals surface area contributed by atoms with Crippen molar-refractivity contribution in [3.63, 3.8) is 0 Å². The van der Waals surface area contributed by atoms with Gasteiger partial charge in [-0.1, -0.05) is 30.3 Å². The van der Waals surface area contributed by atoms with E-state index in [1.165, 1.54) is 0 Å². The number of amides is 1. The Labute approximate surface area is 192 Å². The van der Waals surface area contributed by atoms with Crippen molar-refractivity contribution in [1.29, 1.82) is 0 Å². The fourth-order valence-corrected chi connectivity index (χ4v) is 3.87. The lowest BCUT2D eigenvalue weighted by Crippen LogP contribution is -2.40. The SMILES string of the molecule is CCOc1ccc(-c2cc(C(=O)NC[C@@H]3COc4ccccc4O3)c3ccccc3n2)cc1. The van der Waals surface area contributed by atoms with E-state index in [2.05, 4.69) is 5.32 Å². The number of rotatable bonds is 6. The number of para-hydroxylation sites is 3. The molecule has 1 aliphatic rings. The van der Waals surface area contributed by atoms with Gasteiger partial charge in [0.05, 0.1) is 29.9 Å². The van der Waals surface area contributed by atoms with Crippen molar-refractivity contribution in [2.75, 3.05) is 19.8 Å². The Hall–Kier alpha value is -4.06. The maximum absolute atomic E-state index is 13.2. The molecule has 5 rings (SSSR count). The quantitative estimate of drug-likeness (QED) is 0.463. The number of fused-ring (bicyclic) bond motifs is 2. The monoisotopic (exact) mass is 440 g/mol. The zero-order chi connectivity index (χ0) is 22.6. The molecule has 1 aliphatic heterocycles. The third-order valence-electron chi connectivity index (χ3n) is 5.48. The maximum Gasteiger partial charge on any atom is 0.252 e. The molecule has 6 heteroatoms. The fraction of sp³-hybridized carbons (Fsp3) is 0.185. The summed E-state index contributed by atoms with van der Waals surface area (Å²) >= 11 is 0. The number of carbonyl (C=O) groups excluding carboxylic acids is 1.